The summed E-state index contributed by atoms with van der Waals surface area (Å²) in [6.45, 7) is 0. The molecule has 0 fully saturated rings. The lowest BCUT2D eigenvalue weighted by Gasteiger charge is -2.17. The number of fused-ring (bicyclic) bond motifs is 1. The Bertz CT molecular complexity index is 960. The minimum absolute atomic E-state index is 0.0152. The van der Waals surface area contributed by atoms with E-state index in [4.69, 9.17) is 9.47 Å². The number of hydrogen-bond donors (Lipinski definition) is 1. The average molecular weight is 415 g/mol. The van der Waals surface area contributed by atoms with Crippen molar-refractivity contribution in [3.05, 3.63) is 54.0 Å². The van der Waals surface area contributed by atoms with Crippen molar-refractivity contribution in [2.75, 3.05) is 26.2 Å². The van der Waals surface area contributed by atoms with E-state index in [9.17, 15) is 4.79 Å². The number of ether oxygens (including phenoxy) is 2. The number of carbonyl (C=O) groups is 1. The Balaban J connectivity index is 1.67. The Morgan fingerprint density at radius 2 is 2.00 bits per heavy atom. The van der Waals surface area contributed by atoms with Gasteiger partial charge in [0.15, 0.2) is 23.0 Å². The predicted molar refractivity (Wildman–Crippen MR) is 115 cm³/mol. The van der Waals surface area contributed by atoms with Crippen molar-refractivity contribution < 1.29 is 14.3 Å². The first-order valence-corrected chi connectivity index (χ1v) is 10.8. The quantitative estimate of drug-likeness (QED) is 0.549. The Kier molecular flexibility index (Phi) is 7.35. The van der Waals surface area contributed by atoms with Crippen LogP contribution in [0.4, 0.5) is 0 Å². The van der Waals surface area contributed by atoms with E-state index in [1.54, 1.807) is 26.0 Å². The number of hydrogen-bond acceptors (Lipinski definition) is 6. The largest absolute Gasteiger partial charge is 0.493 e. The van der Waals surface area contributed by atoms with Crippen molar-refractivity contribution >= 4 is 23.3 Å². The van der Waals surface area contributed by atoms with Gasteiger partial charge in [0.1, 0.15) is 0 Å². The van der Waals surface area contributed by atoms with E-state index in [0.29, 0.717) is 24.3 Å². The summed E-state index contributed by atoms with van der Waals surface area (Å²) in [5, 5.41) is 11.7. The zero-order valence-electron chi connectivity index (χ0n) is 16.9. The second-order valence-corrected chi connectivity index (χ2v) is 7.56. The number of carbonyl (C=O) groups excluding carboxylic acids is 1. The molecule has 0 aliphatic heterocycles. The van der Waals surface area contributed by atoms with Crippen LogP contribution in [0.1, 0.15) is 30.3 Å². The monoisotopic (exact) mass is 414 g/mol. The van der Waals surface area contributed by atoms with Crippen LogP contribution >= 0.6 is 11.8 Å². The van der Waals surface area contributed by atoms with Crippen molar-refractivity contribution in [2.24, 2.45) is 0 Å². The van der Waals surface area contributed by atoms with E-state index < -0.39 is 0 Å². The van der Waals surface area contributed by atoms with E-state index in [1.165, 1.54) is 0 Å². The van der Waals surface area contributed by atoms with Gasteiger partial charge >= 0.3 is 0 Å². The van der Waals surface area contributed by atoms with Crippen molar-refractivity contribution in [3.8, 4) is 11.5 Å². The summed E-state index contributed by atoms with van der Waals surface area (Å²) in [6.07, 6.45) is 5.76. The van der Waals surface area contributed by atoms with Gasteiger partial charge in [0, 0.05) is 12.6 Å². The molecule has 1 aromatic carbocycles. The van der Waals surface area contributed by atoms with Gasteiger partial charge in [-0.3, -0.25) is 9.20 Å². The van der Waals surface area contributed by atoms with E-state index in [1.807, 2.05) is 47.0 Å². The maximum atomic E-state index is 12.7. The minimum atomic E-state index is -0.183. The molecule has 2 aromatic heterocycles. The van der Waals surface area contributed by atoms with Crippen LogP contribution in [0.25, 0.3) is 5.65 Å². The lowest BCUT2D eigenvalue weighted by Crippen LogP contribution is -2.30. The summed E-state index contributed by atoms with van der Waals surface area (Å²) < 4.78 is 12.5. The molecule has 154 valence electrons. The molecule has 0 aliphatic carbocycles. The molecule has 29 heavy (non-hydrogen) atoms. The molecule has 0 spiro atoms. The number of amides is 1. The zero-order valence-corrected chi connectivity index (χ0v) is 17.7. The van der Waals surface area contributed by atoms with Gasteiger partial charge in [-0.1, -0.05) is 12.1 Å². The minimum Gasteiger partial charge on any atom is -0.493 e. The highest BCUT2D eigenvalue weighted by Crippen LogP contribution is 2.28. The number of aryl methyl sites for hydroxylation is 1. The maximum absolute atomic E-state index is 12.7. The van der Waals surface area contributed by atoms with Crippen LogP contribution in [-0.2, 0) is 11.2 Å². The average Bonchev–Trinajstić information content (AvgIpc) is 3.19. The van der Waals surface area contributed by atoms with Crippen LogP contribution in [0.5, 0.6) is 11.5 Å². The smallest absolute Gasteiger partial charge is 0.220 e. The Hall–Kier alpha value is -2.74. The number of rotatable bonds is 10. The van der Waals surface area contributed by atoms with E-state index in [-0.39, 0.29) is 11.9 Å². The summed E-state index contributed by atoms with van der Waals surface area (Å²) in [6, 6.07) is 11.3. The second-order valence-electron chi connectivity index (χ2n) is 6.58. The van der Waals surface area contributed by atoms with Crippen LogP contribution in [0.2, 0.25) is 0 Å². The normalized spacial score (nSPS) is 12.0. The first-order valence-electron chi connectivity index (χ1n) is 9.45. The third-order valence-electron chi connectivity index (χ3n) is 4.69. The predicted octanol–water partition coefficient (Wildman–Crippen LogP) is 3.29. The summed E-state index contributed by atoms with van der Waals surface area (Å²) in [7, 11) is 3.21. The third kappa shape index (κ3) is 5.20. The zero-order chi connectivity index (χ0) is 20.6. The highest BCUT2D eigenvalue weighted by atomic mass is 32.2. The SMILES string of the molecule is COc1ccc(CCC(=O)NC(CCSC)c2nnc3ccccn23)cc1OC. The molecule has 2 heterocycles. The molecule has 1 amide bonds. The van der Waals surface area contributed by atoms with Gasteiger partial charge in [0.05, 0.1) is 20.3 Å². The third-order valence-corrected chi connectivity index (χ3v) is 5.33. The molecule has 0 bridgehead atoms. The van der Waals surface area contributed by atoms with Gasteiger partial charge in [-0.25, -0.2) is 0 Å². The Labute approximate surface area is 174 Å². The Morgan fingerprint density at radius 1 is 1.17 bits per heavy atom. The summed E-state index contributed by atoms with van der Waals surface area (Å²) in [5.41, 5.74) is 1.79. The fourth-order valence-corrected chi connectivity index (χ4v) is 3.63. The van der Waals surface area contributed by atoms with Crippen LogP contribution in [0, 0.1) is 0 Å². The molecule has 1 unspecified atom stereocenters. The van der Waals surface area contributed by atoms with Gasteiger partial charge in [-0.2, -0.15) is 11.8 Å². The molecule has 0 radical (unpaired) electrons. The van der Waals surface area contributed by atoms with Gasteiger partial charge in [0.2, 0.25) is 5.91 Å². The van der Waals surface area contributed by atoms with Crippen LogP contribution in [0.3, 0.4) is 0 Å². The molecular weight excluding hydrogens is 388 g/mol. The number of aromatic nitrogens is 3. The number of pyridine rings is 1. The molecular formula is C21H26N4O3S. The van der Waals surface area contributed by atoms with Gasteiger partial charge in [-0.15, -0.1) is 10.2 Å². The summed E-state index contributed by atoms with van der Waals surface area (Å²) in [5.74, 6) is 3.00. The molecule has 3 aromatic rings. The summed E-state index contributed by atoms with van der Waals surface area (Å²) in [4.78, 5) is 12.7. The number of benzene rings is 1. The maximum Gasteiger partial charge on any atom is 0.220 e. The molecule has 0 aliphatic rings. The lowest BCUT2D eigenvalue weighted by atomic mass is 10.1. The number of thioether (sulfide) groups is 1. The van der Waals surface area contributed by atoms with Crippen molar-refractivity contribution in [1.82, 2.24) is 19.9 Å². The van der Waals surface area contributed by atoms with E-state index in [0.717, 1.165) is 29.2 Å². The van der Waals surface area contributed by atoms with Gasteiger partial charge in [-0.05, 0) is 54.7 Å². The number of nitrogens with one attached hydrogen (secondary N) is 1. The van der Waals surface area contributed by atoms with Crippen LogP contribution in [-0.4, -0.2) is 46.7 Å². The first-order chi connectivity index (χ1) is 14.2. The van der Waals surface area contributed by atoms with Crippen LogP contribution < -0.4 is 14.8 Å². The fourth-order valence-electron chi connectivity index (χ4n) is 3.16. The van der Waals surface area contributed by atoms with Gasteiger partial charge in [0.25, 0.3) is 0 Å². The molecule has 8 heteroatoms. The van der Waals surface area contributed by atoms with Crippen molar-refractivity contribution in [2.45, 2.75) is 25.3 Å². The van der Waals surface area contributed by atoms with Crippen molar-refractivity contribution in [1.29, 1.82) is 0 Å². The first kappa shape index (κ1) is 21.0. The van der Waals surface area contributed by atoms with Gasteiger partial charge < -0.3 is 14.8 Å². The fraction of sp³-hybridized carbons (Fsp3) is 0.381. The second kappa shape index (κ2) is 10.2. The highest BCUT2D eigenvalue weighted by molar-refractivity contribution is 7.98. The molecule has 1 N–H and O–H groups in total. The lowest BCUT2D eigenvalue weighted by molar-refractivity contribution is -0.121. The van der Waals surface area contributed by atoms with E-state index in [2.05, 4.69) is 21.8 Å². The van der Waals surface area contributed by atoms with Crippen LogP contribution in [0.15, 0.2) is 42.6 Å². The standard InChI is InChI=1S/C21H26N4O3S/c1-27-17-9-7-15(14-18(17)28-2)8-10-20(26)22-16(11-13-29-3)21-24-23-19-6-4-5-12-25(19)21/h4-7,9,12,14,16H,8,10-11,13H2,1-3H3,(H,22,26). The molecule has 0 saturated carbocycles. The summed E-state index contributed by atoms with van der Waals surface area (Å²) >= 11 is 1.74. The molecule has 7 nitrogen and oxygen atoms in total. The molecule has 3 rings (SSSR count). The molecule has 1 atom stereocenters. The number of methoxy groups -OCH3 is 2. The molecule has 0 saturated heterocycles. The van der Waals surface area contributed by atoms with E-state index >= 15 is 0 Å². The Morgan fingerprint density at radius 3 is 2.76 bits per heavy atom. The van der Waals surface area contributed by atoms with Crippen molar-refractivity contribution in [3.63, 3.8) is 0 Å². The number of nitrogens with zero attached hydrogens (tertiary/aromatic N) is 3. The topological polar surface area (TPSA) is 77.8 Å². The highest BCUT2D eigenvalue weighted by Gasteiger charge is 2.20.